The van der Waals surface area contributed by atoms with Crippen molar-refractivity contribution in [2.24, 2.45) is 0 Å². The summed E-state index contributed by atoms with van der Waals surface area (Å²) in [5.74, 6) is 0.616. The molecular weight excluding hydrogens is 541 g/mol. The van der Waals surface area contributed by atoms with E-state index in [1.54, 1.807) is 42.5 Å². The molecule has 1 N–H and O–H groups in total. The van der Waals surface area contributed by atoms with Crippen LogP contribution in [0.5, 0.6) is 17.2 Å². The normalized spacial score (nSPS) is 11.4. The van der Waals surface area contributed by atoms with Crippen LogP contribution in [0.25, 0.3) is 11.6 Å². The molecule has 0 fully saturated rings. The van der Waals surface area contributed by atoms with Crippen molar-refractivity contribution in [2.45, 2.75) is 31.1 Å². The fraction of sp³-hybridized carbons (Fsp3) is 0.200. The number of hydrogen-bond donors (Lipinski definition) is 1. The average Bonchev–Trinajstić information content (AvgIpc) is 2.86. The summed E-state index contributed by atoms with van der Waals surface area (Å²) in [6.45, 7) is 6.14. The Bertz CT molecular complexity index is 1480. The summed E-state index contributed by atoms with van der Waals surface area (Å²) in [5.41, 5.74) is 0.867. The zero-order chi connectivity index (χ0) is 25.9. The van der Waals surface area contributed by atoms with Crippen molar-refractivity contribution in [3.63, 3.8) is 0 Å². The summed E-state index contributed by atoms with van der Waals surface area (Å²) in [4.78, 5) is 16.9. The Morgan fingerprint density at radius 2 is 1.49 bits per heavy atom. The van der Waals surface area contributed by atoms with E-state index in [9.17, 15) is 8.42 Å². The van der Waals surface area contributed by atoms with Crippen molar-refractivity contribution >= 4 is 78.8 Å². The maximum atomic E-state index is 13.3. The Hall–Kier alpha value is -2.12. The number of nitrogens with one attached hydrogen (secondary N) is 1. The van der Waals surface area contributed by atoms with Gasteiger partial charge in [0.1, 0.15) is 0 Å². The van der Waals surface area contributed by atoms with Crippen LogP contribution in [0.1, 0.15) is 26.3 Å². The minimum absolute atomic E-state index is 0. The van der Waals surface area contributed by atoms with Crippen LogP contribution >= 0.6 is 11.6 Å². The maximum Gasteiger partial charge on any atom is 0.263 e. The number of hydrogen-bond acceptors (Lipinski definition) is 8. The molecule has 4 rings (SSSR count). The summed E-state index contributed by atoms with van der Waals surface area (Å²) in [6, 6.07) is 15.1. The van der Waals surface area contributed by atoms with Crippen LogP contribution in [0.15, 0.2) is 71.9 Å². The third kappa shape index (κ3) is 7.05. The first kappa shape index (κ1) is 29.4. The molecule has 0 unspecified atom stereocenters. The van der Waals surface area contributed by atoms with Gasteiger partial charge in [-0.3, -0.25) is 4.72 Å². The minimum Gasteiger partial charge on any atom is -0.493 e. The van der Waals surface area contributed by atoms with E-state index < -0.39 is 10.0 Å². The molecule has 12 heteroatoms. The molecule has 37 heavy (non-hydrogen) atoms. The molecular formula is C25H24ClKN5O4S. The molecule has 187 valence electrons. The molecule has 0 bridgehead atoms. The number of nitrogens with zero attached hydrogens (tertiary/aromatic N) is 4. The van der Waals surface area contributed by atoms with E-state index in [2.05, 4.69) is 24.7 Å². The largest absolute Gasteiger partial charge is 0.493 e. The van der Waals surface area contributed by atoms with Gasteiger partial charge in [0.25, 0.3) is 10.0 Å². The van der Waals surface area contributed by atoms with Gasteiger partial charge in [0, 0.05) is 63.8 Å². The molecule has 0 aliphatic carbocycles. The molecule has 2 aromatic carbocycles. The number of rotatable bonds is 7. The van der Waals surface area contributed by atoms with E-state index in [1.165, 1.54) is 31.6 Å². The van der Waals surface area contributed by atoms with Crippen LogP contribution in [-0.2, 0) is 15.4 Å². The Balaban J connectivity index is 0.00000380. The summed E-state index contributed by atoms with van der Waals surface area (Å²) >= 11 is 6.47. The first-order valence-electron chi connectivity index (χ1n) is 10.9. The fourth-order valence-corrected chi connectivity index (χ4v) is 4.44. The van der Waals surface area contributed by atoms with E-state index in [-0.39, 0.29) is 90.1 Å². The topological polar surface area (TPSA) is 116 Å². The van der Waals surface area contributed by atoms with Gasteiger partial charge in [0.2, 0.25) is 11.6 Å². The van der Waals surface area contributed by atoms with Gasteiger partial charge in [-0.25, -0.2) is 28.4 Å². The van der Waals surface area contributed by atoms with E-state index in [1.807, 2.05) is 20.8 Å². The molecule has 0 spiro atoms. The fourth-order valence-electron chi connectivity index (χ4n) is 3.23. The standard InChI is InChI=1S/C25H24ClN5O4S.K/c1-25(2,3)16-10-12-17(13-11-16)36(32,33)31-22-20(35-19-9-6-5-8-18(19)34-4)21(26)29-24(30-22)23-27-14-7-15-28-23;/h5-15H,1-4H3,(H,29,30,31);. The number of ether oxygens (including phenoxy) is 2. The molecule has 0 saturated carbocycles. The number of anilines is 1. The number of aromatic nitrogens is 4. The third-order valence-electron chi connectivity index (χ3n) is 5.13. The second kappa shape index (κ2) is 12.2. The van der Waals surface area contributed by atoms with Crippen LogP contribution in [0.4, 0.5) is 5.82 Å². The van der Waals surface area contributed by atoms with E-state index >= 15 is 0 Å². The number of methoxy groups -OCH3 is 1. The summed E-state index contributed by atoms with van der Waals surface area (Å²) in [6.07, 6.45) is 3.03. The molecule has 2 heterocycles. The van der Waals surface area contributed by atoms with Crippen LogP contribution in [-0.4, -0.2) is 86.8 Å². The molecule has 9 nitrogen and oxygen atoms in total. The van der Waals surface area contributed by atoms with Crippen LogP contribution < -0.4 is 14.2 Å². The third-order valence-corrected chi connectivity index (χ3v) is 6.74. The first-order chi connectivity index (χ1) is 17.1. The molecule has 0 amide bonds. The maximum absolute atomic E-state index is 13.3. The average molecular weight is 565 g/mol. The monoisotopic (exact) mass is 564 g/mol. The van der Waals surface area contributed by atoms with Gasteiger partial charge in [-0.2, -0.15) is 0 Å². The van der Waals surface area contributed by atoms with Gasteiger partial charge in [-0.15, -0.1) is 0 Å². The van der Waals surface area contributed by atoms with Gasteiger partial charge in [0.05, 0.1) is 12.0 Å². The van der Waals surface area contributed by atoms with Gasteiger partial charge in [-0.05, 0) is 41.3 Å². The second-order valence-corrected chi connectivity index (χ2v) is 10.8. The smallest absolute Gasteiger partial charge is 0.263 e. The van der Waals surface area contributed by atoms with Crippen LogP contribution in [0.2, 0.25) is 5.15 Å². The predicted octanol–water partition coefficient (Wildman–Crippen LogP) is 5.11. The molecule has 0 aliphatic heterocycles. The first-order valence-corrected chi connectivity index (χ1v) is 12.7. The van der Waals surface area contributed by atoms with Gasteiger partial charge in [0.15, 0.2) is 28.3 Å². The number of sulfonamides is 1. The van der Waals surface area contributed by atoms with Crippen molar-refractivity contribution < 1.29 is 17.9 Å². The number of benzene rings is 2. The van der Waals surface area contributed by atoms with Crippen LogP contribution in [0.3, 0.4) is 0 Å². The Labute approximate surface area is 263 Å². The predicted molar refractivity (Wildman–Crippen MR) is 143 cm³/mol. The van der Waals surface area contributed by atoms with E-state index in [0.29, 0.717) is 11.5 Å². The van der Waals surface area contributed by atoms with Gasteiger partial charge < -0.3 is 9.47 Å². The van der Waals surface area contributed by atoms with Crippen LogP contribution in [0, 0.1) is 0 Å². The van der Waals surface area contributed by atoms with Crippen molar-refractivity contribution in [1.29, 1.82) is 0 Å². The molecule has 0 saturated heterocycles. The molecule has 0 aliphatic rings. The van der Waals surface area contributed by atoms with E-state index in [0.717, 1.165) is 5.56 Å². The Morgan fingerprint density at radius 3 is 2.08 bits per heavy atom. The summed E-state index contributed by atoms with van der Waals surface area (Å²) in [7, 11) is -2.59. The number of para-hydroxylation sites is 2. The molecule has 4 aromatic rings. The Kier molecular flexibility index (Phi) is 9.67. The van der Waals surface area contributed by atoms with Crippen molar-refractivity contribution in [1.82, 2.24) is 19.9 Å². The summed E-state index contributed by atoms with van der Waals surface area (Å²) < 4.78 is 40.4. The van der Waals surface area contributed by atoms with Crippen molar-refractivity contribution in [2.75, 3.05) is 11.8 Å². The Morgan fingerprint density at radius 1 is 0.865 bits per heavy atom. The summed E-state index contributed by atoms with van der Waals surface area (Å²) in [5, 5.41) is -0.140. The zero-order valence-electron chi connectivity index (χ0n) is 21.1. The zero-order valence-corrected chi connectivity index (χ0v) is 25.8. The van der Waals surface area contributed by atoms with Crippen molar-refractivity contribution in [3.8, 4) is 28.9 Å². The van der Waals surface area contributed by atoms with Gasteiger partial charge >= 0.3 is 0 Å². The quantitative estimate of drug-likeness (QED) is 0.243. The molecule has 2 aromatic heterocycles. The minimum atomic E-state index is -4.07. The van der Waals surface area contributed by atoms with Gasteiger partial charge in [-0.1, -0.05) is 56.6 Å². The molecule has 1 radical (unpaired) electrons. The molecule has 0 atom stereocenters. The SMILES string of the molecule is COc1ccccc1Oc1c(Cl)nc(-c2ncccn2)nc1NS(=O)(=O)c1ccc(C(C)(C)C)cc1.[K]. The van der Waals surface area contributed by atoms with Crippen molar-refractivity contribution in [3.05, 3.63) is 77.7 Å². The van der Waals surface area contributed by atoms with E-state index in [4.69, 9.17) is 21.1 Å². The number of halogens is 1. The second-order valence-electron chi connectivity index (χ2n) is 8.72.